The van der Waals surface area contributed by atoms with Crippen LogP contribution in [0, 0.1) is 5.92 Å². The molecule has 2 rings (SSSR count). The molecule has 0 radical (unpaired) electrons. The van der Waals surface area contributed by atoms with Crippen molar-refractivity contribution in [3.8, 4) is 0 Å². The Morgan fingerprint density at radius 1 is 1.41 bits per heavy atom. The lowest BCUT2D eigenvalue weighted by Gasteiger charge is -2.17. The highest BCUT2D eigenvalue weighted by Crippen LogP contribution is 2.27. The van der Waals surface area contributed by atoms with Crippen molar-refractivity contribution in [3.05, 3.63) is 30.1 Å². The van der Waals surface area contributed by atoms with Gasteiger partial charge >= 0.3 is 0 Å². The number of carbonyl (C=O) groups is 1. The number of rotatable bonds is 4. The van der Waals surface area contributed by atoms with E-state index in [1.54, 1.807) is 24.5 Å². The van der Waals surface area contributed by atoms with Gasteiger partial charge in [0.25, 0.3) is 5.91 Å². The standard InChI is InChI=1S/C13H18N2O2/c16-12(10-3-1-2-4-10)9-15-13(17)11-5-7-14-8-6-11/h5-8,10,12,16H,1-4,9H2,(H,15,17). The lowest BCUT2D eigenvalue weighted by Crippen LogP contribution is -2.35. The second kappa shape index (κ2) is 5.77. The van der Waals surface area contributed by atoms with Crippen molar-refractivity contribution in [2.45, 2.75) is 31.8 Å². The fourth-order valence-electron chi connectivity index (χ4n) is 2.31. The van der Waals surface area contributed by atoms with Crippen LogP contribution in [0.4, 0.5) is 0 Å². The van der Waals surface area contributed by atoms with Gasteiger partial charge in [0.15, 0.2) is 0 Å². The quantitative estimate of drug-likeness (QED) is 0.827. The zero-order chi connectivity index (χ0) is 12.1. The Labute approximate surface area is 101 Å². The van der Waals surface area contributed by atoms with Crippen LogP contribution in [-0.2, 0) is 0 Å². The molecule has 4 heteroatoms. The number of amides is 1. The van der Waals surface area contributed by atoms with Gasteiger partial charge in [-0.15, -0.1) is 0 Å². The van der Waals surface area contributed by atoms with Crippen LogP contribution >= 0.6 is 0 Å². The van der Waals surface area contributed by atoms with Gasteiger partial charge in [0.1, 0.15) is 0 Å². The molecule has 0 aromatic carbocycles. The first-order valence-electron chi connectivity index (χ1n) is 6.13. The van der Waals surface area contributed by atoms with Gasteiger partial charge in [-0.05, 0) is 30.9 Å². The molecular formula is C13H18N2O2. The monoisotopic (exact) mass is 234 g/mol. The van der Waals surface area contributed by atoms with Crippen LogP contribution < -0.4 is 5.32 Å². The maximum absolute atomic E-state index is 11.7. The lowest BCUT2D eigenvalue weighted by atomic mass is 10.0. The lowest BCUT2D eigenvalue weighted by molar-refractivity contribution is 0.0840. The third-order valence-corrected chi connectivity index (χ3v) is 3.36. The minimum atomic E-state index is -0.414. The van der Waals surface area contributed by atoms with Gasteiger partial charge in [-0.25, -0.2) is 0 Å². The van der Waals surface area contributed by atoms with Crippen LogP contribution in [0.25, 0.3) is 0 Å². The van der Waals surface area contributed by atoms with E-state index in [-0.39, 0.29) is 5.91 Å². The van der Waals surface area contributed by atoms with Crippen molar-refractivity contribution >= 4 is 5.91 Å². The number of nitrogens with one attached hydrogen (secondary N) is 1. The number of aromatic nitrogens is 1. The minimum absolute atomic E-state index is 0.149. The Morgan fingerprint density at radius 3 is 2.71 bits per heavy atom. The van der Waals surface area contributed by atoms with Crippen molar-refractivity contribution < 1.29 is 9.90 Å². The van der Waals surface area contributed by atoms with Gasteiger partial charge in [0.05, 0.1) is 6.10 Å². The van der Waals surface area contributed by atoms with Crippen LogP contribution in [-0.4, -0.2) is 28.6 Å². The molecular weight excluding hydrogens is 216 g/mol. The third-order valence-electron chi connectivity index (χ3n) is 3.36. The van der Waals surface area contributed by atoms with E-state index in [1.165, 1.54) is 12.8 Å². The molecule has 1 aromatic heterocycles. The van der Waals surface area contributed by atoms with Crippen LogP contribution in [0.2, 0.25) is 0 Å². The zero-order valence-electron chi connectivity index (χ0n) is 9.80. The van der Waals surface area contributed by atoms with E-state index >= 15 is 0 Å². The number of pyridine rings is 1. The highest BCUT2D eigenvalue weighted by molar-refractivity contribution is 5.93. The molecule has 1 aliphatic carbocycles. The van der Waals surface area contributed by atoms with E-state index < -0.39 is 6.10 Å². The second-order valence-electron chi connectivity index (χ2n) is 4.56. The molecule has 0 saturated heterocycles. The van der Waals surface area contributed by atoms with Crippen LogP contribution in [0.1, 0.15) is 36.0 Å². The highest BCUT2D eigenvalue weighted by atomic mass is 16.3. The Bertz CT molecular complexity index is 361. The average molecular weight is 234 g/mol. The van der Waals surface area contributed by atoms with E-state index in [4.69, 9.17) is 0 Å². The normalized spacial score (nSPS) is 17.9. The molecule has 1 unspecified atom stereocenters. The molecule has 1 atom stereocenters. The van der Waals surface area contributed by atoms with Crippen LogP contribution in [0.5, 0.6) is 0 Å². The van der Waals surface area contributed by atoms with Crippen LogP contribution in [0.15, 0.2) is 24.5 Å². The first-order valence-corrected chi connectivity index (χ1v) is 6.13. The van der Waals surface area contributed by atoms with Gasteiger partial charge in [-0.2, -0.15) is 0 Å². The number of aliphatic hydroxyl groups is 1. The topological polar surface area (TPSA) is 62.2 Å². The van der Waals surface area contributed by atoms with Crippen molar-refractivity contribution in [2.75, 3.05) is 6.54 Å². The number of hydrogen-bond donors (Lipinski definition) is 2. The smallest absolute Gasteiger partial charge is 0.251 e. The van der Waals surface area contributed by atoms with Crippen molar-refractivity contribution in [2.24, 2.45) is 5.92 Å². The molecule has 1 amide bonds. The molecule has 4 nitrogen and oxygen atoms in total. The van der Waals surface area contributed by atoms with E-state index in [0.29, 0.717) is 18.0 Å². The van der Waals surface area contributed by atoms with Gasteiger partial charge in [0, 0.05) is 24.5 Å². The maximum Gasteiger partial charge on any atom is 0.251 e. The summed E-state index contributed by atoms with van der Waals surface area (Å²) in [6.45, 7) is 0.339. The Hall–Kier alpha value is -1.42. The summed E-state index contributed by atoms with van der Waals surface area (Å²) in [4.78, 5) is 15.6. The summed E-state index contributed by atoms with van der Waals surface area (Å²) in [7, 11) is 0. The highest BCUT2D eigenvalue weighted by Gasteiger charge is 2.23. The second-order valence-corrected chi connectivity index (χ2v) is 4.56. The molecule has 1 fully saturated rings. The van der Waals surface area contributed by atoms with Crippen molar-refractivity contribution in [3.63, 3.8) is 0 Å². The maximum atomic E-state index is 11.7. The van der Waals surface area contributed by atoms with E-state index in [0.717, 1.165) is 12.8 Å². The molecule has 0 aliphatic heterocycles. The molecule has 1 heterocycles. The molecule has 0 bridgehead atoms. The van der Waals surface area contributed by atoms with Gasteiger partial charge in [-0.1, -0.05) is 12.8 Å². The summed E-state index contributed by atoms with van der Waals surface area (Å²) in [6.07, 6.45) is 7.30. The number of aliphatic hydroxyl groups excluding tert-OH is 1. The number of nitrogens with zero attached hydrogens (tertiary/aromatic N) is 1. The minimum Gasteiger partial charge on any atom is -0.391 e. The largest absolute Gasteiger partial charge is 0.391 e. The molecule has 2 N–H and O–H groups in total. The molecule has 1 aliphatic rings. The first-order chi connectivity index (χ1) is 8.27. The van der Waals surface area contributed by atoms with Gasteiger partial charge in [0.2, 0.25) is 0 Å². The molecule has 1 saturated carbocycles. The fourth-order valence-corrected chi connectivity index (χ4v) is 2.31. The predicted octanol–water partition coefficient (Wildman–Crippen LogP) is 1.36. The summed E-state index contributed by atoms with van der Waals surface area (Å²) in [5, 5.41) is 12.7. The molecule has 0 spiro atoms. The van der Waals surface area contributed by atoms with E-state index in [2.05, 4.69) is 10.3 Å². The third kappa shape index (κ3) is 3.27. The van der Waals surface area contributed by atoms with E-state index in [9.17, 15) is 9.90 Å². The number of carbonyl (C=O) groups excluding carboxylic acids is 1. The predicted molar refractivity (Wildman–Crippen MR) is 64.5 cm³/mol. The first kappa shape index (κ1) is 12.0. The fraction of sp³-hybridized carbons (Fsp3) is 0.538. The van der Waals surface area contributed by atoms with Crippen molar-refractivity contribution in [1.29, 1.82) is 0 Å². The van der Waals surface area contributed by atoms with Gasteiger partial charge in [-0.3, -0.25) is 9.78 Å². The Kier molecular flexibility index (Phi) is 4.09. The molecule has 17 heavy (non-hydrogen) atoms. The summed E-state index contributed by atoms with van der Waals surface area (Å²) in [6, 6.07) is 3.33. The zero-order valence-corrected chi connectivity index (χ0v) is 9.80. The average Bonchev–Trinajstić information content (AvgIpc) is 2.90. The van der Waals surface area contributed by atoms with Crippen LogP contribution in [0.3, 0.4) is 0 Å². The molecule has 92 valence electrons. The summed E-state index contributed by atoms with van der Waals surface area (Å²) in [5.41, 5.74) is 0.582. The molecule has 1 aromatic rings. The Balaban J connectivity index is 1.80. The SMILES string of the molecule is O=C(NCC(O)C1CCCC1)c1ccncc1. The van der Waals surface area contributed by atoms with E-state index in [1.807, 2.05) is 0 Å². The van der Waals surface area contributed by atoms with Gasteiger partial charge < -0.3 is 10.4 Å². The number of hydrogen-bond acceptors (Lipinski definition) is 3. The van der Waals surface area contributed by atoms with Crippen molar-refractivity contribution in [1.82, 2.24) is 10.3 Å². The Morgan fingerprint density at radius 2 is 2.06 bits per heavy atom. The summed E-state index contributed by atoms with van der Waals surface area (Å²) in [5.74, 6) is 0.206. The summed E-state index contributed by atoms with van der Waals surface area (Å²) < 4.78 is 0. The summed E-state index contributed by atoms with van der Waals surface area (Å²) >= 11 is 0.